The molecule has 0 radical (unpaired) electrons. The predicted molar refractivity (Wildman–Crippen MR) is 209 cm³/mol. The first-order valence-corrected chi connectivity index (χ1v) is 34.1. The molecule has 2 aliphatic carbocycles. The molecule has 47 heavy (non-hydrogen) atoms. The summed E-state index contributed by atoms with van der Waals surface area (Å²) in [5.74, 6) is -1.57. The average Bonchev–Trinajstić information content (AvgIpc) is 3.68. The zero-order valence-corrected chi connectivity index (χ0v) is 34.5. The Hall–Kier alpha value is -1.96. The molecule has 2 atom stereocenters. The Kier molecular flexibility index (Phi) is 9.94. The summed E-state index contributed by atoms with van der Waals surface area (Å²) in [5.41, 5.74) is 14.8. The fourth-order valence-corrected chi connectivity index (χ4v) is 37.8. The molecular formula is C43H51Cl2SiZr. The van der Waals surface area contributed by atoms with Crippen molar-refractivity contribution < 1.29 is 15.6 Å². The molecule has 4 aromatic carbocycles. The molecule has 0 N–H and O–H groups in total. The van der Waals surface area contributed by atoms with E-state index in [9.17, 15) is 0 Å². The average molecular weight is 758 g/mol. The van der Waals surface area contributed by atoms with Gasteiger partial charge >= 0.3 is 288 Å². The van der Waals surface area contributed by atoms with E-state index in [4.69, 9.17) is 17.0 Å². The summed E-state index contributed by atoms with van der Waals surface area (Å²) in [7, 11) is 16.9. The van der Waals surface area contributed by atoms with Crippen LogP contribution in [0.15, 0.2) is 96.6 Å². The molecular weight excluding hydrogens is 707 g/mol. The number of unbranched alkanes of at least 4 members (excludes halogenated alkanes) is 2. The Bertz CT molecular complexity index is 1820. The molecule has 0 saturated carbocycles. The topological polar surface area (TPSA) is 0 Å². The van der Waals surface area contributed by atoms with Crippen molar-refractivity contribution in [3.8, 4) is 22.3 Å². The Morgan fingerprint density at radius 3 is 1.89 bits per heavy atom. The molecule has 2 unspecified atom stereocenters. The first-order chi connectivity index (χ1) is 22.4. The van der Waals surface area contributed by atoms with Crippen LogP contribution in [0, 0.1) is 0 Å². The van der Waals surface area contributed by atoms with Crippen LogP contribution >= 0.6 is 17.0 Å². The van der Waals surface area contributed by atoms with Crippen molar-refractivity contribution in [2.75, 3.05) is 0 Å². The van der Waals surface area contributed by atoms with Crippen molar-refractivity contribution in [3.63, 3.8) is 0 Å². The number of halogens is 2. The first-order valence-electron chi connectivity index (χ1n) is 17.8. The van der Waals surface area contributed by atoms with Crippen molar-refractivity contribution in [3.05, 3.63) is 130 Å². The van der Waals surface area contributed by atoms with Gasteiger partial charge < -0.3 is 0 Å². The van der Waals surface area contributed by atoms with Crippen LogP contribution in [0.5, 0.6) is 0 Å². The second-order valence-electron chi connectivity index (χ2n) is 15.3. The number of rotatable bonds is 10. The third-order valence-electron chi connectivity index (χ3n) is 11.1. The summed E-state index contributed by atoms with van der Waals surface area (Å²) in [6.07, 6.45) is 13.1. The van der Waals surface area contributed by atoms with Crippen LogP contribution in [-0.4, -0.2) is 5.92 Å². The van der Waals surface area contributed by atoms with E-state index in [0.717, 1.165) is 12.8 Å². The fourth-order valence-electron chi connectivity index (χ4n) is 8.19. The number of allylic oxidation sites excluding steroid dienone is 2. The third kappa shape index (κ3) is 6.20. The Morgan fingerprint density at radius 2 is 1.32 bits per heavy atom. The molecule has 0 aliphatic heterocycles. The molecule has 245 valence electrons. The van der Waals surface area contributed by atoms with Crippen LogP contribution < -0.4 is 0 Å². The van der Waals surface area contributed by atoms with Crippen molar-refractivity contribution >= 4 is 35.1 Å². The van der Waals surface area contributed by atoms with Crippen molar-refractivity contribution in [2.24, 2.45) is 0 Å². The Balaban J connectivity index is 1.42. The van der Waals surface area contributed by atoms with E-state index < -0.39 is 21.5 Å². The van der Waals surface area contributed by atoms with Crippen LogP contribution in [0.1, 0.15) is 101 Å². The number of benzene rings is 4. The van der Waals surface area contributed by atoms with Gasteiger partial charge in [-0.05, 0) is 0 Å². The molecule has 4 heteroatoms. The molecule has 0 spiro atoms. The molecule has 0 nitrogen and oxygen atoms in total. The van der Waals surface area contributed by atoms with Gasteiger partial charge in [-0.25, -0.2) is 0 Å². The van der Waals surface area contributed by atoms with Gasteiger partial charge in [0.15, 0.2) is 0 Å². The molecule has 4 aromatic rings. The van der Waals surface area contributed by atoms with Gasteiger partial charge in [0.05, 0.1) is 0 Å². The second-order valence-corrected chi connectivity index (χ2v) is 57.9. The SMILES string of the molecule is CCCCCc1ccc(-c2cccc3c2C=C(CC)[CH]3[Zr]([Cl])([Cl])([CH]2C=Cc3c(-c4ccc(C(C)(C)C)cc4)cccc32)[SiH](C)C)cc1. The van der Waals surface area contributed by atoms with Gasteiger partial charge in [0.25, 0.3) is 0 Å². The van der Waals surface area contributed by atoms with Crippen LogP contribution in [-0.2, 0) is 27.4 Å². The van der Waals surface area contributed by atoms with Gasteiger partial charge in [-0.15, -0.1) is 0 Å². The molecule has 0 bridgehead atoms. The molecule has 2 aliphatic rings. The zero-order chi connectivity index (χ0) is 33.6. The van der Waals surface area contributed by atoms with E-state index in [1.165, 1.54) is 80.5 Å². The monoisotopic (exact) mass is 755 g/mol. The van der Waals surface area contributed by atoms with Crippen LogP contribution in [0.25, 0.3) is 34.4 Å². The van der Waals surface area contributed by atoms with E-state index in [2.05, 4.69) is 151 Å². The van der Waals surface area contributed by atoms with Gasteiger partial charge in [0, 0.05) is 0 Å². The van der Waals surface area contributed by atoms with Crippen molar-refractivity contribution in [1.29, 1.82) is 0 Å². The summed E-state index contributed by atoms with van der Waals surface area (Å²) in [5, 5.41) is 0. The summed E-state index contributed by atoms with van der Waals surface area (Å²) in [4.78, 5) is 0. The van der Waals surface area contributed by atoms with Gasteiger partial charge in [0.2, 0.25) is 0 Å². The maximum atomic E-state index is 8.46. The minimum atomic E-state index is -4.69. The molecule has 0 aromatic heterocycles. The van der Waals surface area contributed by atoms with Gasteiger partial charge in [-0.1, -0.05) is 6.92 Å². The van der Waals surface area contributed by atoms with Gasteiger partial charge in [-0.2, -0.15) is 0 Å². The normalized spacial score (nSPS) is 18.2. The van der Waals surface area contributed by atoms with E-state index in [1.54, 1.807) is 0 Å². The Labute approximate surface area is 293 Å². The zero-order valence-electron chi connectivity index (χ0n) is 29.3. The number of fused-ring (bicyclic) bond motifs is 2. The van der Waals surface area contributed by atoms with E-state index in [-0.39, 0.29) is 12.7 Å². The number of aryl methyl sites for hydroxylation is 1. The second kappa shape index (κ2) is 13.4. The first kappa shape index (κ1) is 34.9. The Morgan fingerprint density at radius 1 is 0.723 bits per heavy atom. The molecule has 0 saturated heterocycles. The van der Waals surface area contributed by atoms with Crippen LogP contribution in [0.4, 0.5) is 0 Å². The van der Waals surface area contributed by atoms with Crippen molar-refractivity contribution in [1.82, 2.24) is 0 Å². The van der Waals surface area contributed by atoms with Gasteiger partial charge in [0.1, 0.15) is 0 Å². The molecule has 0 fully saturated rings. The maximum absolute atomic E-state index is 8.46. The summed E-state index contributed by atoms with van der Waals surface area (Å²) in [6, 6.07) is 32.1. The van der Waals surface area contributed by atoms with Crippen LogP contribution in [0.2, 0.25) is 13.1 Å². The molecule has 6 rings (SSSR count). The quantitative estimate of drug-likeness (QED) is 0.112. The van der Waals surface area contributed by atoms with E-state index in [0.29, 0.717) is 0 Å². The van der Waals surface area contributed by atoms with Gasteiger partial charge in [-0.3, -0.25) is 0 Å². The van der Waals surface area contributed by atoms with Crippen molar-refractivity contribution in [2.45, 2.75) is 92.5 Å². The summed E-state index contributed by atoms with van der Waals surface area (Å²) >= 11 is -4.69. The summed E-state index contributed by atoms with van der Waals surface area (Å²) in [6.45, 7) is 16.2. The molecule has 0 heterocycles. The fraction of sp³-hybridized carbons (Fsp3) is 0.349. The third-order valence-corrected chi connectivity index (χ3v) is 63.1. The standard InChI is InChI=1S/C22H25.C19H19.C2H7Si.2ClH.Zr/c1-3-5-6-8-18-11-13-19(14-12-18)21-10-7-9-20-15-17(4-2)16-22(20)21;1-19(2,3)16-12-10-15(11-13-16)18-9-5-7-14-6-4-8-17(14)18;1-3-2;;;/h7,9-16H,3-6,8H2,1-2H3;4-13H,1-3H3;3H,1-2H3;2*1H;/q;;;;;+2/p-2. The predicted octanol–water partition coefficient (Wildman–Crippen LogP) is 13.6. The van der Waals surface area contributed by atoms with E-state index >= 15 is 0 Å². The van der Waals surface area contributed by atoms with E-state index in [1.807, 2.05) is 0 Å². The summed E-state index contributed by atoms with van der Waals surface area (Å²) < 4.78 is 0.210. The number of hydrogen-bond donors (Lipinski definition) is 0. The molecule has 0 amide bonds. The number of hydrogen-bond acceptors (Lipinski definition) is 0. The minimum absolute atomic E-state index is 0.0900. The van der Waals surface area contributed by atoms with Crippen LogP contribution in [0.3, 0.4) is 0 Å².